The van der Waals surface area contributed by atoms with Gasteiger partial charge in [0.15, 0.2) is 11.0 Å². The van der Waals surface area contributed by atoms with E-state index in [1.165, 1.54) is 11.8 Å². The number of thioether (sulfide) groups is 1. The highest BCUT2D eigenvalue weighted by atomic mass is 32.2. The molecule has 9 heteroatoms. The van der Waals surface area contributed by atoms with E-state index in [-0.39, 0.29) is 11.7 Å². The fourth-order valence-electron chi connectivity index (χ4n) is 2.51. The third kappa shape index (κ3) is 4.56. The number of aryl methyl sites for hydroxylation is 1. The van der Waals surface area contributed by atoms with Crippen LogP contribution in [0.15, 0.2) is 47.8 Å². The van der Waals surface area contributed by atoms with Crippen LogP contribution in [0.2, 0.25) is 0 Å². The van der Waals surface area contributed by atoms with Gasteiger partial charge >= 0.3 is 0 Å². The SMILES string of the molecule is CCn1c(SCC(=O)NNC(=O)c2ccc[nH]2)nnc1-c1cccc(C)c1. The minimum Gasteiger partial charge on any atom is -0.357 e. The summed E-state index contributed by atoms with van der Waals surface area (Å²) in [7, 11) is 0. The minimum atomic E-state index is -0.406. The molecule has 3 aromatic rings. The molecule has 2 amide bonds. The monoisotopic (exact) mass is 384 g/mol. The van der Waals surface area contributed by atoms with Gasteiger partial charge < -0.3 is 9.55 Å². The molecular weight excluding hydrogens is 364 g/mol. The zero-order chi connectivity index (χ0) is 19.2. The van der Waals surface area contributed by atoms with Crippen LogP contribution in [0.4, 0.5) is 0 Å². The smallest absolute Gasteiger partial charge is 0.286 e. The third-order valence-corrected chi connectivity index (χ3v) is 4.77. The van der Waals surface area contributed by atoms with Crippen molar-refractivity contribution in [1.29, 1.82) is 0 Å². The second-order valence-electron chi connectivity index (χ2n) is 5.79. The Morgan fingerprint density at radius 2 is 2.04 bits per heavy atom. The highest BCUT2D eigenvalue weighted by molar-refractivity contribution is 7.99. The van der Waals surface area contributed by atoms with Crippen molar-refractivity contribution in [3.05, 3.63) is 53.9 Å². The first-order valence-electron chi connectivity index (χ1n) is 8.44. The molecule has 3 N–H and O–H groups in total. The van der Waals surface area contributed by atoms with Gasteiger partial charge in [-0.25, -0.2) is 0 Å². The molecule has 0 saturated heterocycles. The number of H-pyrrole nitrogens is 1. The number of amides is 2. The molecule has 0 aliphatic rings. The van der Waals surface area contributed by atoms with Gasteiger partial charge in [-0.15, -0.1) is 10.2 Å². The van der Waals surface area contributed by atoms with E-state index >= 15 is 0 Å². The van der Waals surface area contributed by atoms with E-state index in [0.29, 0.717) is 17.4 Å². The molecule has 0 saturated carbocycles. The molecule has 0 unspecified atom stereocenters. The Kier molecular flexibility index (Phi) is 5.92. The van der Waals surface area contributed by atoms with Gasteiger partial charge in [0.1, 0.15) is 5.69 Å². The molecule has 2 aromatic heterocycles. The van der Waals surface area contributed by atoms with Crippen LogP contribution in [0.3, 0.4) is 0 Å². The zero-order valence-corrected chi connectivity index (χ0v) is 15.8. The van der Waals surface area contributed by atoms with Crippen LogP contribution < -0.4 is 10.9 Å². The Bertz CT molecular complexity index is 935. The van der Waals surface area contributed by atoms with Gasteiger partial charge in [0.25, 0.3) is 5.91 Å². The largest absolute Gasteiger partial charge is 0.357 e. The molecule has 8 nitrogen and oxygen atoms in total. The summed E-state index contributed by atoms with van der Waals surface area (Å²) < 4.78 is 1.96. The lowest BCUT2D eigenvalue weighted by Gasteiger charge is -2.08. The van der Waals surface area contributed by atoms with Crippen molar-refractivity contribution in [2.45, 2.75) is 25.5 Å². The predicted octanol–water partition coefficient (Wildman–Crippen LogP) is 2.15. The number of nitrogens with zero attached hydrogens (tertiary/aromatic N) is 3. The number of hydrazine groups is 1. The van der Waals surface area contributed by atoms with E-state index in [4.69, 9.17) is 0 Å². The lowest BCUT2D eigenvalue weighted by molar-refractivity contribution is -0.119. The maximum absolute atomic E-state index is 12.0. The Labute approximate surface area is 160 Å². The first-order chi connectivity index (χ1) is 13.1. The van der Waals surface area contributed by atoms with Gasteiger partial charge in [-0.2, -0.15) is 0 Å². The Hall–Kier alpha value is -3.07. The average molecular weight is 384 g/mol. The number of nitrogens with one attached hydrogen (secondary N) is 3. The molecule has 0 radical (unpaired) electrons. The lowest BCUT2D eigenvalue weighted by Crippen LogP contribution is -2.42. The van der Waals surface area contributed by atoms with Gasteiger partial charge in [-0.05, 0) is 32.0 Å². The Morgan fingerprint density at radius 1 is 1.19 bits per heavy atom. The summed E-state index contributed by atoms with van der Waals surface area (Å²) in [5, 5.41) is 9.13. The molecule has 0 bridgehead atoms. The van der Waals surface area contributed by atoms with Crippen LogP contribution in [-0.4, -0.2) is 37.3 Å². The van der Waals surface area contributed by atoms with Crippen LogP contribution in [0.1, 0.15) is 23.0 Å². The van der Waals surface area contributed by atoms with E-state index < -0.39 is 5.91 Å². The molecule has 27 heavy (non-hydrogen) atoms. The Morgan fingerprint density at radius 3 is 2.74 bits per heavy atom. The van der Waals surface area contributed by atoms with Crippen molar-refractivity contribution >= 4 is 23.6 Å². The fraction of sp³-hybridized carbons (Fsp3) is 0.222. The van der Waals surface area contributed by atoms with E-state index in [2.05, 4.69) is 26.0 Å². The second kappa shape index (κ2) is 8.54. The molecule has 0 spiro atoms. The number of hydrogen-bond acceptors (Lipinski definition) is 5. The van der Waals surface area contributed by atoms with Crippen LogP contribution in [0.5, 0.6) is 0 Å². The van der Waals surface area contributed by atoms with E-state index in [0.717, 1.165) is 17.0 Å². The summed E-state index contributed by atoms with van der Waals surface area (Å²) >= 11 is 1.27. The molecule has 3 rings (SSSR count). The molecule has 140 valence electrons. The normalized spacial score (nSPS) is 10.6. The van der Waals surface area contributed by atoms with Crippen molar-refractivity contribution in [2.24, 2.45) is 0 Å². The molecular formula is C18H20N6O2S. The summed E-state index contributed by atoms with van der Waals surface area (Å²) in [6.45, 7) is 4.71. The number of rotatable bonds is 6. The van der Waals surface area contributed by atoms with Crippen molar-refractivity contribution in [2.75, 3.05) is 5.75 Å². The standard InChI is InChI=1S/C18H20N6O2S/c1-3-24-16(13-7-4-6-12(2)10-13)21-23-18(24)27-11-15(25)20-22-17(26)14-8-5-9-19-14/h4-10,19H,3,11H2,1-2H3,(H,20,25)(H,22,26). The first-order valence-corrected chi connectivity index (χ1v) is 9.42. The third-order valence-electron chi connectivity index (χ3n) is 3.80. The number of carbonyl (C=O) groups is 2. The quantitative estimate of drug-likeness (QED) is 0.446. The van der Waals surface area contributed by atoms with Crippen molar-refractivity contribution in [3.63, 3.8) is 0 Å². The van der Waals surface area contributed by atoms with Gasteiger partial charge in [-0.1, -0.05) is 35.5 Å². The summed E-state index contributed by atoms with van der Waals surface area (Å²) in [5.74, 6) is 0.139. The summed E-state index contributed by atoms with van der Waals surface area (Å²) in [6.07, 6.45) is 1.63. The maximum atomic E-state index is 12.0. The zero-order valence-electron chi connectivity index (χ0n) is 15.0. The molecule has 0 aliphatic carbocycles. The molecule has 0 aliphatic heterocycles. The van der Waals surface area contributed by atoms with Crippen LogP contribution >= 0.6 is 11.8 Å². The van der Waals surface area contributed by atoms with Gasteiger partial charge in [0.05, 0.1) is 5.75 Å². The van der Waals surface area contributed by atoms with E-state index in [9.17, 15) is 9.59 Å². The number of aromatic amines is 1. The number of carbonyl (C=O) groups excluding carboxylic acids is 2. The van der Waals surface area contributed by atoms with Crippen molar-refractivity contribution in [1.82, 2.24) is 30.6 Å². The van der Waals surface area contributed by atoms with E-state index in [1.54, 1.807) is 18.3 Å². The maximum Gasteiger partial charge on any atom is 0.286 e. The summed E-state index contributed by atoms with van der Waals surface area (Å²) in [4.78, 5) is 26.5. The van der Waals surface area contributed by atoms with Crippen molar-refractivity contribution in [3.8, 4) is 11.4 Å². The molecule has 0 fully saturated rings. The van der Waals surface area contributed by atoms with E-state index in [1.807, 2.05) is 42.7 Å². The van der Waals surface area contributed by atoms with Gasteiger partial charge in [0, 0.05) is 18.3 Å². The van der Waals surface area contributed by atoms with Gasteiger partial charge in [-0.3, -0.25) is 20.4 Å². The fourth-order valence-corrected chi connectivity index (χ4v) is 3.31. The predicted molar refractivity (Wildman–Crippen MR) is 103 cm³/mol. The number of aromatic nitrogens is 4. The first kappa shape index (κ1) is 18.7. The molecule has 2 heterocycles. The lowest BCUT2D eigenvalue weighted by atomic mass is 10.1. The number of hydrogen-bond donors (Lipinski definition) is 3. The molecule has 1 aromatic carbocycles. The van der Waals surface area contributed by atoms with Gasteiger partial charge in [0.2, 0.25) is 5.91 Å². The van der Waals surface area contributed by atoms with Crippen LogP contribution in [0, 0.1) is 6.92 Å². The summed E-state index contributed by atoms with van der Waals surface area (Å²) in [5.41, 5.74) is 7.25. The second-order valence-corrected chi connectivity index (χ2v) is 6.74. The number of benzene rings is 1. The highest BCUT2D eigenvalue weighted by Crippen LogP contribution is 2.24. The Balaban J connectivity index is 1.59. The van der Waals surface area contributed by atoms with Crippen molar-refractivity contribution < 1.29 is 9.59 Å². The van der Waals surface area contributed by atoms with Crippen LogP contribution in [0.25, 0.3) is 11.4 Å². The minimum absolute atomic E-state index is 0.108. The highest BCUT2D eigenvalue weighted by Gasteiger charge is 2.15. The summed E-state index contributed by atoms with van der Waals surface area (Å²) in [6, 6.07) is 11.4. The molecule has 0 atom stereocenters. The average Bonchev–Trinajstić information content (AvgIpc) is 3.33. The van der Waals surface area contributed by atoms with Crippen LogP contribution in [-0.2, 0) is 11.3 Å². The topological polar surface area (TPSA) is 105 Å².